The van der Waals surface area contributed by atoms with Crippen LogP contribution in [0.4, 0.5) is 0 Å². The number of quaternary nitrogens is 1. The van der Waals surface area contributed by atoms with E-state index in [9.17, 15) is 24.3 Å². The second-order valence-electron chi connectivity index (χ2n) is 7.73. The molecule has 0 saturated heterocycles. The molecule has 0 aliphatic heterocycles. The Bertz CT molecular complexity index is 1270. The van der Waals surface area contributed by atoms with Crippen LogP contribution in [0.2, 0.25) is 0 Å². The highest BCUT2D eigenvalue weighted by molar-refractivity contribution is 5.99. The van der Waals surface area contributed by atoms with E-state index in [0.29, 0.717) is 23.5 Å². The molecule has 214 valence electrons. The van der Waals surface area contributed by atoms with Crippen LogP contribution >= 0.6 is 0 Å². The summed E-state index contributed by atoms with van der Waals surface area (Å²) < 4.78 is 26.0. The molecule has 3 rings (SSSR count). The van der Waals surface area contributed by atoms with Gasteiger partial charge in [0, 0.05) is 0 Å². The summed E-state index contributed by atoms with van der Waals surface area (Å²) in [6, 6.07) is 13.1. The van der Waals surface area contributed by atoms with Crippen molar-refractivity contribution in [2.75, 3.05) is 40.6 Å². The summed E-state index contributed by atoms with van der Waals surface area (Å²) in [6.45, 7) is 3.23. The van der Waals surface area contributed by atoms with Crippen molar-refractivity contribution in [2.45, 2.75) is 13.5 Å². The Balaban J connectivity index is 0.000000337. The summed E-state index contributed by atoms with van der Waals surface area (Å²) in [5.74, 6) is -1.94. The number of nitrogens with zero attached hydrogens (tertiary/aromatic N) is 2. The third-order valence-electron chi connectivity index (χ3n) is 5.06. The molecule has 0 bridgehead atoms. The number of rotatable bonds is 12. The number of benzene rings is 2. The van der Waals surface area contributed by atoms with Crippen LogP contribution in [0.25, 0.3) is 0 Å². The molecule has 0 radical (unpaired) electrons. The third kappa shape index (κ3) is 9.13. The summed E-state index contributed by atoms with van der Waals surface area (Å²) in [6.07, 6.45) is 1.21. The molecule has 0 amide bonds. The second-order valence-corrected chi connectivity index (χ2v) is 7.73. The van der Waals surface area contributed by atoms with Gasteiger partial charge in [0.05, 0.1) is 56.5 Å². The first kappa shape index (κ1) is 31.3. The highest BCUT2D eigenvalue weighted by atomic mass is 16.5. The Morgan fingerprint density at radius 3 is 1.75 bits per heavy atom. The Labute approximate surface area is 230 Å². The van der Waals surface area contributed by atoms with Crippen LogP contribution in [0.5, 0.6) is 11.5 Å². The standard InChI is InChI=1S/C17H18N2O7.C10H13NO3/c1-3-25-17(23)13-14(15(20)21)19(10-18-13)8-9-26-12-6-4-11(5-7-12)16(22)24-2;1-13-10(12)8-2-4-9(5-3-8)14-7-6-11/h4-7,10H,3,8-9H2,1-2H3,(H,20,21);2-5H,6-7,11H2,1H3. The van der Waals surface area contributed by atoms with E-state index in [-0.39, 0.29) is 37.1 Å². The lowest BCUT2D eigenvalue weighted by molar-refractivity contribution is -0.370. The van der Waals surface area contributed by atoms with Gasteiger partial charge in [-0.05, 0) is 55.5 Å². The fraction of sp³-hybridized carbons (Fsp3) is 0.296. The lowest BCUT2D eigenvalue weighted by atomic mass is 10.2. The molecule has 0 saturated carbocycles. The normalized spacial score (nSPS) is 10.0. The van der Waals surface area contributed by atoms with Crippen molar-refractivity contribution in [3.8, 4) is 11.5 Å². The molecule has 0 aliphatic rings. The van der Waals surface area contributed by atoms with Gasteiger partial charge in [0.1, 0.15) is 31.3 Å². The predicted octanol–water partition coefficient (Wildman–Crippen LogP) is 0.383. The maximum Gasteiger partial charge on any atom is 0.359 e. The van der Waals surface area contributed by atoms with Gasteiger partial charge in [-0.1, -0.05) is 0 Å². The Morgan fingerprint density at radius 1 is 0.825 bits per heavy atom. The van der Waals surface area contributed by atoms with E-state index >= 15 is 0 Å². The first-order valence-electron chi connectivity index (χ1n) is 12.1. The zero-order valence-corrected chi connectivity index (χ0v) is 22.4. The van der Waals surface area contributed by atoms with E-state index < -0.39 is 17.9 Å². The van der Waals surface area contributed by atoms with Crippen molar-refractivity contribution in [1.82, 2.24) is 9.55 Å². The summed E-state index contributed by atoms with van der Waals surface area (Å²) in [5, 5.41) is 11.3. The SMILES string of the molecule is CCOC(=O)c1ncn(CCOc2ccc(C(=O)OC)cc2)c1C(=O)[O-].COC(=O)c1ccc(OCC[NH3+])cc1. The van der Waals surface area contributed by atoms with E-state index in [2.05, 4.69) is 20.2 Å². The number of esters is 3. The minimum atomic E-state index is -1.53. The van der Waals surface area contributed by atoms with Crippen molar-refractivity contribution in [3.63, 3.8) is 0 Å². The quantitative estimate of drug-likeness (QED) is 0.240. The van der Waals surface area contributed by atoms with Gasteiger partial charge in [-0.15, -0.1) is 0 Å². The van der Waals surface area contributed by atoms with Gasteiger partial charge in [0.25, 0.3) is 0 Å². The van der Waals surface area contributed by atoms with Crippen molar-refractivity contribution < 1.29 is 53.7 Å². The monoisotopic (exact) mass is 557 g/mol. The number of methoxy groups -OCH3 is 2. The summed E-state index contributed by atoms with van der Waals surface area (Å²) in [4.78, 5) is 49.2. The van der Waals surface area contributed by atoms with Crippen molar-refractivity contribution in [1.29, 1.82) is 0 Å². The maximum atomic E-state index is 11.7. The van der Waals surface area contributed by atoms with Gasteiger partial charge in [0.2, 0.25) is 0 Å². The van der Waals surface area contributed by atoms with Crippen molar-refractivity contribution >= 4 is 23.9 Å². The number of carbonyl (C=O) groups is 4. The zero-order valence-electron chi connectivity index (χ0n) is 22.4. The van der Waals surface area contributed by atoms with Crippen LogP contribution in [0.15, 0.2) is 54.9 Å². The second kappa shape index (κ2) is 16.1. The van der Waals surface area contributed by atoms with Crippen LogP contribution in [-0.2, 0) is 20.8 Å². The first-order chi connectivity index (χ1) is 19.2. The fourth-order valence-corrected chi connectivity index (χ4v) is 3.18. The number of carboxylic acid groups (broad SMARTS) is 1. The number of imidazole rings is 1. The number of hydrogen-bond donors (Lipinski definition) is 1. The third-order valence-corrected chi connectivity index (χ3v) is 5.06. The number of aromatic carboxylic acids is 1. The molecule has 3 N–H and O–H groups in total. The summed E-state index contributed by atoms with van der Waals surface area (Å²) in [5.41, 5.74) is 3.89. The van der Waals surface area contributed by atoms with Crippen LogP contribution in [0, 0.1) is 0 Å². The number of aromatic nitrogens is 2. The molecule has 0 spiro atoms. The number of carboxylic acids is 1. The van der Waals surface area contributed by atoms with E-state index in [1.807, 2.05) is 0 Å². The minimum Gasteiger partial charge on any atom is -0.543 e. The Hall–Kier alpha value is -4.91. The summed E-state index contributed by atoms with van der Waals surface area (Å²) >= 11 is 0. The van der Waals surface area contributed by atoms with Crippen LogP contribution < -0.4 is 20.3 Å². The van der Waals surface area contributed by atoms with Crippen molar-refractivity contribution in [2.24, 2.45) is 0 Å². The molecule has 0 aliphatic carbocycles. The Kier molecular flexibility index (Phi) is 12.6. The first-order valence-corrected chi connectivity index (χ1v) is 12.1. The van der Waals surface area contributed by atoms with Gasteiger partial charge in [0.15, 0.2) is 5.69 Å². The number of hydrogen-bond acceptors (Lipinski definition) is 11. The molecule has 1 aromatic heterocycles. The van der Waals surface area contributed by atoms with E-state index in [4.69, 9.17) is 14.2 Å². The maximum absolute atomic E-state index is 11.7. The molecule has 0 fully saturated rings. The average molecular weight is 558 g/mol. The number of ether oxygens (including phenoxy) is 5. The van der Waals surface area contributed by atoms with E-state index in [0.717, 1.165) is 12.3 Å². The van der Waals surface area contributed by atoms with Crippen LogP contribution in [0.1, 0.15) is 48.6 Å². The molecule has 13 nitrogen and oxygen atoms in total. The lowest BCUT2D eigenvalue weighted by Gasteiger charge is -2.11. The van der Waals surface area contributed by atoms with Crippen LogP contribution in [0.3, 0.4) is 0 Å². The highest BCUT2D eigenvalue weighted by Crippen LogP contribution is 2.14. The van der Waals surface area contributed by atoms with E-state index in [1.54, 1.807) is 55.5 Å². The molecule has 13 heteroatoms. The largest absolute Gasteiger partial charge is 0.543 e. The van der Waals surface area contributed by atoms with E-state index in [1.165, 1.54) is 25.1 Å². The average Bonchev–Trinajstić information content (AvgIpc) is 3.41. The van der Waals surface area contributed by atoms with Crippen LogP contribution in [-0.4, -0.2) is 74.0 Å². The molecule has 40 heavy (non-hydrogen) atoms. The summed E-state index contributed by atoms with van der Waals surface area (Å²) in [7, 11) is 2.65. The smallest absolute Gasteiger partial charge is 0.359 e. The molecular weight excluding hydrogens is 526 g/mol. The molecule has 2 aromatic carbocycles. The molecule has 0 atom stereocenters. The van der Waals surface area contributed by atoms with Gasteiger partial charge in [-0.3, -0.25) is 0 Å². The molecular formula is C27H31N3O10. The van der Waals surface area contributed by atoms with Gasteiger partial charge >= 0.3 is 17.9 Å². The van der Waals surface area contributed by atoms with Gasteiger partial charge < -0.3 is 43.9 Å². The van der Waals surface area contributed by atoms with Crippen molar-refractivity contribution in [3.05, 3.63) is 77.4 Å². The number of carbonyl (C=O) groups excluding carboxylic acids is 4. The minimum absolute atomic E-state index is 0.100. The lowest BCUT2D eigenvalue weighted by Crippen LogP contribution is -2.52. The molecule has 1 heterocycles. The predicted molar refractivity (Wildman–Crippen MR) is 137 cm³/mol. The Morgan fingerprint density at radius 2 is 1.32 bits per heavy atom. The zero-order chi connectivity index (χ0) is 29.5. The highest BCUT2D eigenvalue weighted by Gasteiger charge is 2.20. The van der Waals surface area contributed by atoms with Gasteiger partial charge in [-0.25, -0.2) is 19.4 Å². The molecule has 0 unspecified atom stereocenters. The topological polar surface area (TPSA) is 183 Å². The van der Waals surface area contributed by atoms with Gasteiger partial charge in [-0.2, -0.15) is 0 Å². The fourth-order valence-electron chi connectivity index (χ4n) is 3.18. The molecule has 3 aromatic rings.